The number of hydrogen-bond donors (Lipinski definition) is 3. The summed E-state index contributed by atoms with van der Waals surface area (Å²) in [6.45, 7) is 1.63. The van der Waals surface area contributed by atoms with Crippen molar-refractivity contribution < 1.29 is 0 Å². The van der Waals surface area contributed by atoms with Crippen molar-refractivity contribution in [3.8, 4) is 22.6 Å². The fourth-order valence-electron chi connectivity index (χ4n) is 3.81. The summed E-state index contributed by atoms with van der Waals surface area (Å²) in [6.07, 6.45) is 5.35. The third-order valence-corrected chi connectivity index (χ3v) is 5.36. The second kappa shape index (κ2) is 6.11. The highest BCUT2D eigenvalue weighted by molar-refractivity contribution is 5.97. The van der Waals surface area contributed by atoms with Gasteiger partial charge in [-0.1, -0.05) is 6.07 Å². The van der Waals surface area contributed by atoms with Crippen molar-refractivity contribution in [2.24, 2.45) is 5.73 Å². The average molecular weight is 382 g/mol. The van der Waals surface area contributed by atoms with E-state index < -0.39 is 0 Å². The van der Waals surface area contributed by atoms with Crippen LogP contribution in [0.4, 0.5) is 5.82 Å². The SMILES string of the molecule is NC1CN(c2cncc(-c3ccc4[nH]nc(-c5cc6cccnc6[nH]5)c4c3)n2)C1. The third kappa shape index (κ3) is 2.65. The van der Waals surface area contributed by atoms with Gasteiger partial charge in [-0.05, 0) is 30.3 Å². The number of rotatable bonds is 3. The second-order valence-electron chi connectivity index (χ2n) is 7.38. The number of anilines is 1. The summed E-state index contributed by atoms with van der Waals surface area (Å²) in [6, 6.07) is 12.4. The molecule has 0 aliphatic carbocycles. The Hall–Kier alpha value is -3.78. The van der Waals surface area contributed by atoms with Gasteiger partial charge in [-0.15, -0.1) is 0 Å². The summed E-state index contributed by atoms with van der Waals surface area (Å²) in [4.78, 5) is 19.0. The van der Waals surface area contributed by atoms with Crippen LogP contribution in [0.5, 0.6) is 0 Å². The number of aromatic amines is 2. The molecule has 1 saturated heterocycles. The van der Waals surface area contributed by atoms with E-state index >= 15 is 0 Å². The first-order valence-electron chi connectivity index (χ1n) is 9.50. The van der Waals surface area contributed by atoms with E-state index in [1.807, 2.05) is 24.3 Å². The van der Waals surface area contributed by atoms with Crippen molar-refractivity contribution in [3.63, 3.8) is 0 Å². The van der Waals surface area contributed by atoms with Crippen LogP contribution >= 0.6 is 0 Å². The van der Waals surface area contributed by atoms with Gasteiger partial charge in [0.2, 0.25) is 0 Å². The van der Waals surface area contributed by atoms with Gasteiger partial charge in [0.05, 0.1) is 29.3 Å². The highest BCUT2D eigenvalue weighted by atomic mass is 15.3. The molecule has 0 atom stereocenters. The lowest BCUT2D eigenvalue weighted by atomic mass is 10.1. The van der Waals surface area contributed by atoms with E-state index in [-0.39, 0.29) is 6.04 Å². The van der Waals surface area contributed by atoms with Crippen LogP contribution < -0.4 is 10.6 Å². The number of nitrogens with two attached hydrogens (primary N) is 1. The Bertz CT molecular complexity index is 1310. The van der Waals surface area contributed by atoms with Gasteiger partial charge in [-0.25, -0.2) is 9.97 Å². The van der Waals surface area contributed by atoms with E-state index in [9.17, 15) is 0 Å². The molecule has 5 heterocycles. The molecule has 0 unspecified atom stereocenters. The molecule has 1 aliphatic heterocycles. The fraction of sp³-hybridized carbons (Fsp3) is 0.143. The van der Waals surface area contributed by atoms with Crippen LogP contribution in [0.25, 0.3) is 44.6 Å². The fourth-order valence-corrected chi connectivity index (χ4v) is 3.81. The van der Waals surface area contributed by atoms with Gasteiger partial charge >= 0.3 is 0 Å². The molecular weight excluding hydrogens is 364 g/mol. The molecule has 8 nitrogen and oxygen atoms in total. The van der Waals surface area contributed by atoms with E-state index in [1.54, 1.807) is 18.6 Å². The maximum absolute atomic E-state index is 5.90. The number of aromatic nitrogens is 6. The first kappa shape index (κ1) is 16.2. The first-order chi connectivity index (χ1) is 14.2. The molecule has 142 valence electrons. The number of nitrogens with one attached hydrogen (secondary N) is 2. The maximum atomic E-state index is 5.90. The lowest BCUT2D eigenvalue weighted by Crippen LogP contribution is -2.56. The minimum absolute atomic E-state index is 0.219. The van der Waals surface area contributed by atoms with E-state index in [1.165, 1.54) is 0 Å². The van der Waals surface area contributed by atoms with Gasteiger partial charge in [0, 0.05) is 41.7 Å². The Kier molecular flexibility index (Phi) is 3.41. The molecule has 0 radical (unpaired) electrons. The van der Waals surface area contributed by atoms with Crippen LogP contribution in [0.15, 0.2) is 55.0 Å². The molecule has 8 heteroatoms. The molecule has 4 N–H and O–H groups in total. The minimum Gasteiger partial charge on any atom is -0.352 e. The van der Waals surface area contributed by atoms with Crippen LogP contribution in [-0.2, 0) is 0 Å². The number of hydrogen-bond acceptors (Lipinski definition) is 6. The quantitative estimate of drug-likeness (QED) is 0.442. The van der Waals surface area contributed by atoms with E-state index in [0.717, 1.165) is 63.5 Å². The molecule has 0 bridgehead atoms. The summed E-state index contributed by atoms with van der Waals surface area (Å²) >= 11 is 0. The maximum Gasteiger partial charge on any atom is 0.147 e. The van der Waals surface area contributed by atoms with Crippen molar-refractivity contribution >= 4 is 27.8 Å². The molecule has 5 aromatic rings. The average Bonchev–Trinajstić information content (AvgIpc) is 3.34. The van der Waals surface area contributed by atoms with Gasteiger partial charge in [0.1, 0.15) is 17.2 Å². The van der Waals surface area contributed by atoms with Gasteiger partial charge in [-0.2, -0.15) is 5.10 Å². The van der Waals surface area contributed by atoms with Gasteiger partial charge in [0.15, 0.2) is 0 Å². The van der Waals surface area contributed by atoms with Crippen molar-refractivity contribution in [2.75, 3.05) is 18.0 Å². The summed E-state index contributed by atoms with van der Waals surface area (Å²) in [7, 11) is 0. The summed E-state index contributed by atoms with van der Waals surface area (Å²) in [5.41, 5.74) is 11.3. The third-order valence-electron chi connectivity index (χ3n) is 5.36. The zero-order chi connectivity index (χ0) is 19.4. The predicted octanol–water partition coefficient (Wildman–Crippen LogP) is 2.71. The van der Waals surface area contributed by atoms with Gasteiger partial charge in [0.25, 0.3) is 0 Å². The Labute approximate surface area is 165 Å². The molecule has 0 spiro atoms. The minimum atomic E-state index is 0.219. The van der Waals surface area contributed by atoms with Crippen molar-refractivity contribution in [1.29, 1.82) is 0 Å². The summed E-state index contributed by atoms with van der Waals surface area (Å²) in [5.74, 6) is 0.860. The normalized spacial score (nSPS) is 14.6. The Morgan fingerprint density at radius 3 is 2.90 bits per heavy atom. The number of benzene rings is 1. The van der Waals surface area contributed by atoms with E-state index in [4.69, 9.17) is 10.7 Å². The topological polar surface area (TPSA) is 112 Å². The van der Waals surface area contributed by atoms with E-state index in [2.05, 4.69) is 42.2 Å². The molecule has 1 aromatic carbocycles. The molecule has 4 aromatic heterocycles. The molecule has 0 amide bonds. The lowest BCUT2D eigenvalue weighted by Gasteiger charge is -2.37. The van der Waals surface area contributed by atoms with Crippen LogP contribution in [0.1, 0.15) is 0 Å². The molecular formula is C21H18N8. The molecule has 29 heavy (non-hydrogen) atoms. The first-order valence-corrected chi connectivity index (χ1v) is 9.50. The number of fused-ring (bicyclic) bond motifs is 2. The number of H-pyrrole nitrogens is 2. The Morgan fingerprint density at radius 2 is 2.03 bits per heavy atom. The summed E-state index contributed by atoms with van der Waals surface area (Å²) < 4.78 is 0. The largest absolute Gasteiger partial charge is 0.352 e. The molecule has 1 aliphatic rings. The van der Waals surface area contributed by atoms with Gasteiger partial charge in [-0.3, -0.25) is 10.1 Å². The summed E-state index contributed by atoms with van der Waals surface area (Å²) in [5, 5.41) is 9.72. The zero-order valence-electron chi connectivity index (χ0n) is 15.5. The highest BCUT2D eigenvalue weighted by Crippen LogP contribution is 2.31. The van der Waals surface area contributed by atoms with Crippen molar-refractivity contribution in [3.05, 3.63) is 55.0 Å². The van der Waals surface area contributed by atoms with Crippen LogP contribution in [0.2, 0.25) is 0 Å². The van der Waals surface area contributed by atoms with Gasteiger partial charge < -0.3 is 15.6 Å². The van der Waals surface area contributed by atoms with Crippen molar-refractivity contribution in [1.82, 2.24) is 30.1 Å². The smallest absolute Gasteiger partial charge is 0.147 e. The second-order valence-corrected chi connectivity index (χ2v) is 7.38. The van der Waals surface area contributed by atoms with Crippen molar-refractivity contribution in [2.45, 2.75) is 6.04 Å². The molecule has 1 fully saturated rings. The van der Waals surface area contributed by atoms with Crippen LogP contribution in [0, 0.1) is 0 Å². The predicted molar refractivity (Wildman–Crippen MR) is 112 cm³/mol. The lowest BCUT2D eigenvalue weighted by molar-refractivity contribution is 0.514. The Balaban J connectivity index is 1.43. The number of nitrogens with zero attached hydrogens (tertiary/aromatic N) is 5. The standard InChI is InChI=1S/C21H18N8/c22-14-10-29(11-14)19-9-23-8-18(25-19)12-3-4-16-15(6-12)20(28-27-16)17-7-13-2-1-5-24-21(13)26-17/h1-9,14H,10-11,22H2,(H,24,26)(H,27,28). The zero-order valence-corrected chi connectivity index (χ0v) is 15.5. The van der Waals surface area contributed by atoms with Crippen LogP contribution in [-0.4, -0.2) is 49.3 Å². The molecule has 6 rings (SSSR count). The highest BCUT2D eigenvalue weighted by Gasteiger charge is 2.24. The van der Waals surface area contributed by atoms with Crippen LogP contribution in [0.3, 0.4) is 0 Å². The van der Waals surface area contributed by atoms with E-state index in [0.29, 0.717) is 0 Å². The monoisotopic (exact) mass is 382 g/mol. The number of pyridine rings is 1. The molecule has 0 saturated carbocycles. The Morgan fingerprint density at radius 1 is 1.10 bits per heavy atom.